The second-order valence-electron chi connectivity index (χ2n) is 2.87. The van der Waals surface area contributed by atoms with Crippen LogP contribution in [0.4, 0.5) is 0 Å². The van der Waals surface area contributed by atoms with Gasteiger partial charge in [-0.15, -0.1) is 0 Å². The van der Waals surface area contributed by atoms with Gasteiger partial charge in [0.2, 0.25) is 12.3 Å². The molecule has 0 aromatic rings. The molecule has 0 saturated carbocycles. The molecule has 0 aliphatic rings. The van der Waals surface area contributed by atoms with E-state index in [1.54, 1.807) is 6.92 Å². The maximum absolute atomic E-state index is 11.0. The number of nitrogens with one attached hydrogen (secondary N) is 2. The van der Waals surface area contributed by atoms with Crippen molar-refractivity contribution in [2.45, 2.75) is 19.8 Å². The van der Waals surface area contributed by atoms with E-state index in [9.17, 15) is 9.59 Å². The van der Waals surface area contributed by atoms with Crippen molar-refractivity contribution in [3.63, 3.8) is 0 Å². The molecular formula is C9H14N2O2. The smallest absolute Gasteiger partial charge is 0.229 e. The van der Waals surface area contributed by atoms with Crippen molar-refractivity contribution in [1.82, 2.24) is 5.32 Å². The molecule has 0 aliphatic carbocycles. The molecule has 0 aliphatic heterocycles. The molecule has 72 valence electrons. The summed E-state index contributed by atoms with van der Waals surface area (Å²) in [7, 11) is 0. The number of carbonyl (C=O) groups is 2. The monoisotopic (exact) mass is 182 g/mol. The third-order valence-electron chi connectivity index (χ3n) is 1.75. The summed E-state index contributed by atoms with van der Waals surface area (Å²) in [5.74, 6) is -0.505. The topological polar surface area (TPSA) is 70.0 Å². The van der Waals surface area contributed by atoms with Crippen LogP contribution in [0, 0.1) is 11.3 Å². The van der Waals surface area contributed by atoms with E-state index in [1.165, 1.54) is 6.21 Å². The Morgan fingerprint density at radius 3 is 2.77 bits per heavy atom. The van der Waals surface area contributed by atoms with Crippen LogP contribution in [-0.4, -0.2) is 18.5 Å². The molecular weight excluding hydrogens is 168 g/mol. The summed E-state index contributed by atoms with van der Waals surface area (Å²) >= 11 is 0. The molecule has 0 rings (SSSR count). The lowest BCUT2D eigenvalue weighted by atomic mass is 10.0. The van der Waals surface area contributed by atoms with Gasteiger partial charge >= 0.3 is 0 Å². The molecule has 1 atom stereocenters. The van der Waals surface area contributed by atoms with Crippen molar-refractivity contribution in [3.8, 4) is 0 Å². The molecule has 4 heteroatoms. The van der Waals surface area contributed by atoms with Crippen molar-refractivity contribution in [2.24, 2.45) is 5.92 Å². The van der Waals surface area contributed by atoms with Crippen LogP contribution >= 0.6 is 0 Å². The lowest BCUT2D eigenvalue weighted by molar-refractivity contribution is -0.128. The van der Waals surface area contributed by atoms with Gasteiger partial charge in [0.05, 0.1) is 0 Å². The number of imide groups is 1. The van der Waals surface area contributed by atoms with E-state index in [4.69, 9.17) is 5.41 Å². The third kappa shape index (κ3) is 4.90. The molecule has 0 saturated heterocycles. The van der Waals surface area contributed by atoms with Crippen LogP contribution in [0.25, 0.3) is 0 Å². The zero-order valence-electron chi connectivity index (χ0n) is 7.67. The first-order valence-corrected chi connectivity index (χ1v) is 4.04. The quantitative estimate of drug-likeness (QED) is 0.473. The first-order valence-electron chi connectivity index (χ1n) is 4.04. The molecule has 0 radical (unpaired) electrons. The van der Waals surface area contributed by atoms with E-state index >= 15 is 0 Å². The molecule has 2 N–H and O–H groups in total. The lowest BCUT2D eigenvalue weighted by Gasteiger charge is -2.07. The highest BCUT2D eigenvalue weighted by Gasteiger charge is 2.11. The van der Waals surface area contributed by atoms with Crippen LogP contribution in [0.15, 0.2) is 12.2 Å². The molecule has 0 heterocycles. The fraction of sp³-hybridized carbons (Fsp3) is 0.444. The third-order valence-corrected chi connectivity index (χ3v) is 1.75. The molecule has 0 fully saturated rings. The van der Waals surface area contributed by atoms with Gasteiger partial charge in [0.25, 0.3) is 0 Å². The Bertz CT molecular complexity index is 224. The summed E-state index contributed by atoms with van der Waals surface area (Å²) in [4.78, 5) is 20.9. The van der Waals surface area contributed by atoms with Gasteiger partial charge in [-0.05, 0) is 18.4 Å². The number of amides is 2. The summed E-state index contributed by atoms with van der Waals surface area (Å²) in [6.07, 6.45) is 2.76. The average Bonchev–Trinajstić information content (AvgIpc) is 2.13. The van der Waals surface area contributed by atoms with Gasteiger partial charge < -0.3 is 5.41 Å². The zero-order chi connectivity index (χ0) is 10.3. The molecule has 2 amide bonds. The number of carbonyl (C=O) groups excluding carboxylic acids is 2. The predicted octanol–water partition coefficient (Wildman–Crippen LogP) is 0.881. The van der Waals surface area contributed by atoms with E-state index in [-0.39, 0.29) is 11.8 Å². The van der Waals surface area contributed by atoms with Crippen molar-refractivity contribution in [3.05, 3.63) is 12.2 Å². The lowest BCUT2D eigenvalue weighted by Crippen LogP contribution is -2.27. The Morgan fingerprint density at radius 2 is 2.31 bits per heavy atom. The van der Waals surface area contributed by atoms with Crippen LogP contribution in [-0.2, 0) is 9.59 Å². The second-order valence-corrected chi connectivity index (χ2v) is 2.87. The minimum Gasteiger partial charge on any atom is -0.308 e. The minimum absolute atomic E-state index is 0.220. The van der Waals surface area contributed by atoms with E-state index in [0.29, 0.717) is 24.8 Å². The number of hydrogen-bond acceptors (Lipinski definition) is 3. The van der Waals surface area contributed by atoms with Crippen molar-refractivity contribution in [2.75, 3.05) is 0 Å². The maximum Gasteiger partial charge on any atom is 0.229 e. The molecule has 0 bridgehead atoms. The first kappa shape index (κ1) is 11.6. The number of rotatable bonds is 6. The van der Waals surface area contributed by atoms with Gasteiger partial charge in [0.1, 0.15) is 0 Å². The molecule has 0 aromatic carbocycles. The fourth-order valence-corrected chi connectivity index (χ4v) is 0.806. The van der Waals surface area contributed by atoms with Gasteiger partial charge in [-0.1, -0.05) is 13.5 Å². The molecule has 0 spiro atoms. The Balaban J connectivity index is 3.79. The minimum atomic E-state index is -0.284. The van der Waals surface area contributed by atoms with Crippen molar-refractivity contribution < 1.29 is 9.59 Å². The van der Waals surface area contributed by atoms with E-state index in [1.807, 2.05) is 0 Å². The van der Waals surface area contributed by atoms with E-state index in [2.05, 4.69) is 11.9 Å². The average molecular weight is 182 g/mol. The summed E-state index contributed by atoms with van der Waals surface area (Å²) in [6.45, 7) is 5.34. The highest BCUT2D eigenvalue weighted by atomic mass is 16.2. The highest BCUT2D eigenvalue weighted by Crippen LogP contribution is 2.09. The van der Waals surface area contributed by atoms with Gasteiger partial charge in [-0.3, -0.25) is 14.9 Å². The molecule has 1 unspecified atom stereocenters. The van der Waals surface area contributed by atoms with Crippen LogP contribution in [0.1, 0.15) is 19.8 Å². The number of allylic oxidation sites excluding steroid dienone is 1. The van der Waals surface area contributed by atoms with Crippen LogP contribution in [0.3, 0.4) is 0 Å². The SMILES string of the molecule is C=C(C=N)CCC(C)C(=O)NC=O. The number of hydrogen-bond donors (Lipinski definition) is 2. The van der Waals surface area contributed by atoms with Gasteiger partial charge in [0, 0.05) is 12.1 Å². The molecule has 0 aromatic heterocycles. The summed E-state index contributed by atoms with van der Waals surface area (Å²) in [5, 5.41) is 8.94. The molecule has 4 nitrogen and oxygen atoms in total. The Kier molecular flexibility index (Phi) is 5.43. The molecule has 13 heavy (non-hydrogen) atoms. The van der Waals surface area contributed by atoms with Gasteiger partial charge in [-0.2, -0.15) is 0 Å². The van der Waals surface area contributed by atoms with Crippen LogP contribution < -0.4 is 5.32 Å². The fourth-order valence-electron chi connectivity index (χ4n) is 0.806. The summed E-state index contributed by atoms with van der Waals surface area (Å²) in [5.41, 5.74) is 0.686. The van der Waals surface area contributed by atoms with E-state index in [0.717, 1.165) is 0 Å². The zero-order valence-corrected chi connectivity index (χ0v) is 7.67. The van der Waals surface area contributed by atoms with Gasteiger partial charge in [0.15, 0.2) is 0 Å². The predicted molar refractivity (Wildman–Crippen MR) is 50.5 cm³/mol. The highest BCUT2D eigenvalue weighted by molar-refractivity contribution is 5.87. The Labute approximate surface area is 77.5 Å². The van der Waals surface area contributed by atoms with E-state index < -0.39 is 0 Å². The standard InChI is InChI=1S/C9H14N2O2/c1-7(5-10)3-4-8(2)9(13)11-6-12/h5-6,8,10H,1,3-4H2,2H3,(H,11,12,13). The van der Waals surface area contributed by atoms with Gasteiger partial charge in [-0.25, -0.2) is 0 Å². The second kappa shape index (κ2) is 6.11. The van der Waals surface area contributed by atoms with Crippen LogP contribution in [0.5, 0.6) is 0 Å². The Morgan fingerprint density at radius 1 is 1.69 bits per heavy atom. The van der Waals surface area contributed by atoms with Crippen LogP contribution in [0.2, 0.25) is 0 Å². The normalized spacial score (nSPS) is 11.5. The summed E-state index contributed by atoms with van der Waals surface area (Å²) < 4.78 is 0. The Hall–Kier alpha value is -1.45. The summed E-state index contributed by atoms with van der Waals surface area (Å²) in [6, 6.07) is 0. The van der Waals surface area contributed by atoms with Crippen molar-refractivity contribution in [1.29, 1.82) is 5.41 Å². The largest absolute Gasteiger partial charge is 0.308 e. The van der Waals surface area contributed by atoms with Crippen molar-refractivity contribution >= 4 is 18.5 Å². The maximum atomic E-state index is 11.0. The first-order chi connectivity index (χ1) is 6.11.